The summed E-state index contributed by atoms with van der Waals surface area (Å²) in [6.45, 7) is 4.72. The van der Waals surface area contributed by atoms with E-state index in [4.69, 9.17) is 4.74 Å². The lowest BCUT2D eigenvalue weighted by atomic mass is 10.1. The molecule has 0 saturated carbocycles. The second-order valence-corrected chi connectivity index (χ2v) is 5.17. The Hall–Kier alpha value is -2.04. The lowest BCUT2D eigenvalue weighted by molar-refractivity contribution is -0.124. The van der Waals surface area contributed by atoms with Crippen molar-refractivity contribution in [3.05, 3.63) is 23.8 Å². The summed E-state index contributed by atoms with van der Waals surface area (Å²) < 4.78 is 5.49. The summed E-state index contributed by atoms with van der Waals surface area (Å²) in [5.41, 5.74) is 1.76. The smallest absolute Gasteiger partial charge is 0.227 e. The fraction of sp³-hybridized carbons (Fsp3) is 0.467. The minimum Gasteiger partial charge on any atom is -0.491 e. The Labute approximate surface area is 118 Å². The summed E-state index contributed by atoms with van der Waals surface area (Å²) in [7, 11) is 0. The van der Waals surface area contributed by atoms with Gasteiger partial charge in [0.1, 0.15) is 5.75 Å². The number of rotatable bonds is 4. The van der Waals surface area contributed by atoms with Crippen molar-refractivity contribution < 1.29 is 14.3 Å². The lowest BCUT2D eigenvalue weighted by Gasteiger charge is -2.11. The number of anilines is 1. The highest BCUT2D eigenvalue weighted by molar-refractivity contribution is 5.93. The molecule has 5 heteroatoms. The van der Waals surface area contributed by atoms with Crippen molar-refractivity contribution in [3.63, 3.8) is 0 Å². The van der Waals surface area contributed by atoms with Crippen molar-refractivity contribution >= 4 is 17.5 Å². The molecule has 2 rings (SSSR count). The van der Waals surface area contributed by atoms with Crippen LogP contribution in [0.25, 0.3) is 0 Å². The van der Waals surface area contributed by atoms with Gasteiger partial charge < -0.3 is 15.4 Å². The van der Waals surface area contributed by atoms with E-state index in [9.17, 15) is 9.59 Å². The van der Waals surface area contributed by atoms with E-state index in [1.165, 1.54) is 0 Å². The van der Waals surface area contributed by atoms with E-state index in [0.29, 0.717) is 31.0 Å². The summed E-state index contributed by atoms with van der Waals surface area (Å²) in [6, 6.07) is 5.72. The highest BCUT2D eigenvalue weighted by atomic mass is 16.5. The molecule has 0 saturated heterocycles. The molecule has 1 aromatic rings. The van der Waals surface area contributed by atoms with Gasteiger partial charge in [0, 0.05) is 12.5 Å². The number of hydrogen-bond acceptors (Lipinski definition) is 3. The molecule has 0 unspecified atom stereocenters. The molecule has 0 radical (unpaired) electrons. The standard InChI is InChI=1S/C15H20N2O3/c1-10(2)15(19)16-7-5-11-3-4-13-12(9-11)17-14(18)6-8-20-13/h3-4,9-10H,5-8H2,1-2H3,(H,16,19)(H,17,18). The van der Waals surface area contributed by atoms with Crippen LogP contribution >= 0.6 is 0 Å². The van der Waals surface area contributed by atoms with E-state index < -0.39 is 0 Å². The minimum atomic E-state index is -0.0333. The van der Waals surface area contributed by atoms with E-state index in [0.717, 1.165) is 12.0 Å². The molecule has 0 bridgehead atoms. The van der Waals surface area contributed by atoms with Gasteiger partial charge in [0.2, 0.25) is 11.8 Å². The molecule has 5 nitrogen and oxygen atoms in total. The van der Waals surface area contributed by atoms with Crippen molar-refractivity contribution in [2.24, 2.45) is 5.92 Å². The van der Waals surface area contributed by atoms with E-state index in [2.05, 4.69) is 10.6 Å². The zero-order valence-electron chi connectivity index (χ0n) is 11.9. The van der Waals surface area contributed by atoms with Crippen LogP contribution in [0.5, 0.6) is 5.75 Å². The normalized spacial score (nSPS) is 14.1. The molecule has 1 heterocycles. The third kappa shape index (κ3) is 3.73. The van der Waals surface area contributed by atoms with Crippen LogP contribution in [0.15, 0.2) is 18.2 Å². The van der Waals surface area contributed by atoms with Gasteiger partial charge in [0.15, 0.2) is 0 Å². The van der Waals surface area contributed by atoms with Crippen LogP contribution in [0.1, 0.15) is 25.8 Å². The maximum atomic E-state index is 11.5. The molecule has 20 heavy (non-hydrogen) atoms. The van der Waals surface area contributed by atoms with Crippen LogP contribution in [0.4, 0.5) is 5.69 Å². The first-order valence-corrected chi connectivity index (χ1v) is 6.89. The van der Waals surface area contributed by atoms with Crippen LogP contribution in [0, 0.1) is 5.92 Å². The van der Waals surface area contributed by atoms with Crippen LogP contribution in [0.3, 0.4) is 0 Å². The Bertz CT molecular complexity index is 512. The maximum Gasteiger partial charge on any atom is 0.227 e. The molecule has 1 aromatic carbocycles. The third-order valence-electron chi connectivity index (χ3n) is 3.14. The molecule has 108 valence electrons. The number of carbonyl (C=O) groups is 2. The van der Waals surface area contributed by atoms with Gasteiger partial charge in [-0.05, 0) is 24.1 Å². The van der Waals surface area contributed by atoms with Gasteiger partial charge in [-0.15, -0.1) is 0 Å². The van der Waals surface area contributed by atoms with Crippen molar-refractivity contribution in [1.82, 2.24) is 5.32 Å². The van der Waals surface area contributed by atoms with Gasteiger partial charge in [0.05, 0.1) is 18.7 Å². The number of ether oxygens (including phenoxy) is 1. The summed E-state index contributed by atoms with van der Waals surface area (Å²) in [5.74, 6) is 0.714. The average molecular weight is 276 g/mol. The molecule has 0 atom stereocenters. The fourth-order valence-corrected chi connectivity index (χ4v) is 1.96. The van der Waals surface area contributed by atoms with Crippen molar-refractivity contribution in [2.75, 3.05) is 18.5 Å². The van der Waals surface area contributed by atoms with Gasteiger partial charge in [-0.2, -0.15) is 0 Å². The quantitative estimate of drug-likeness (QED) is 0.880. The van der Waals surface area contributed by atoms with Gasteiger partial charge in [-0.25, -0.2) is 0 Å². The molecule has 1 aliphatic heterocycles. The Balaban J connectivity index is 1.97. The second kappa shape index (κ2) is 6.41. The Morgan fingerprint density at radius 1 is 1.45 bits per heavy atom. The first-order chi connectivity index (χ1) is 9.56. The molecule has 0 spiro atoms. The molecule has 0 aromatic heterocycles. The number of hydrogen-bond donors (Lipinski definition) is 2. The third-order valence-corrected chi connectivity index (χ3v) is 3.14. The van der Waals surface area contributed by atoms with Crippen LogP contribution < -0.4 is 15.4 Å². The van der Waals surface area contributed by atoms with Crippen molar-refractivity contribution in [1.29, 1.82) is 0 Å². The largest absolute Gasteiger partial charge is 0.491 e. The lowest BCUT2D eigenvalue weighted by Crippen LogP contribution is -2.29. The van der Waals surface area contributed by atoms with Gasteiger partial charge >= 0.3 is 0 Å². The molecule has 1 aliphatic rings. The monoisotopic (exact) mass is 276 g/mol. The highest BCUT2D eigenvalue weighted by Crippen LogP contribution is 2.28. The number of benzene rings is 1. The topological polar surface area (TPSA) is 67.4 Å². The fourth-order valence-electron chi connectivity index (χ4n) is 1.96. The van der Waals surface area contributed by atoms with Crippen molar-refractivity contribution in [3.8, 4) is 5.75 Å². The van der Waals surface area contributed by atoms with Crippen LogP contribution in [0.2, 0.25) is 0 Å². The molecular weight excluding hydrogens is 256 g/mol. The summed E-state index contributed by atoms with van der Waals surface area (Å²) in [4.78, 5) is 23.0. The Kier molecular flexibility index (Phi) is 4.61. The maximum absolute atomic E-state index is 11.5. The van der Waals surface area contributed by atoms with Gasteiger partial charge in [-0.1, -0.05) is 19.9 Å². The predicted octanol–water partition coefficient (Wildman–Crippen LogP) is 1.72. The van der Waals surface area contributed by atoms with Gasteiger partial charge in [-0.3, -0.25) is 9.59 Å². The summed E-state index contributed by atoms with van der Waals surface area (Å²) >= 11 is 0. The number of carbonyl (C=O) groups excluding carboxylic acids is 2. The van der Waals surface area contributed by atoms with E-state index in [-0.39, 0.29) is 17.7 Å². The molecule has 0 fully saturated rings. The van der Waals surface area contributed by atoms with E-state index >= 15 is 0 Å². The molecular formula is C15H20N2O3. The number of nitrogens with one attached hydrogen (secondary N) is 2. The molecule has 0 aliphatic carbocycles. The SMILES string of the molecule is CC(C)C(=O)NCCc1ccc2c(c1)NC(=O)CCO2. The van der Waals surface area contributed by atoms with Crippen LogP contribution in [-0.4, -0.2) is 25.0 Å². The summed E-state index contributed by atoms with van der Waals surface area (Å²) in [6.07, 6.45) is 1.09. The van der Waals surface area contributed by atoms with Crippen LogP contribution in [-0.2, 0) is 16.0 Å². The average Bonchev–Trinajstić information content (AvgIpc) is 2.58. The minimum absolute atomic E-state index is 0.00488. The Morgan fingerprint density at radius 2 is 2.25 bits per heavy atom. The molecule has 2 N–H and O–H groups in total. The zero-order chi connectivity index (χ0) is 14.5. The first kappa shape index (κ1) is 14.4. The molecule has 2 amide bonds. The number of amides is 2. The summed E-state index contributed by atoms with van der Waals surface area (Å²) in [5, 5.41) is 5.70. The van der Waals surface area contributed by atoms with Gasteiger partial charge in [0.25, 0.3) is 0 Å². The zero-order valence-corrected chi connectivity index (χ0v) is 11.9. The first-order valence-electron chi connectivity index (χ1n) is 6.89. The predicted molar refractivity (Wildman–Crippen MR) is 76.7 cm³/mol. The number of fused-ring (bicyclic) bond motifs is 1. The van der Waals surface area contributed by atoms with Crippen molar-refractivity contribution in [2.45, 2.75) is 26.7 Å². The second-order valence-electron chi connectivity index (χ2n) is 5.17. The van der Waals surface area contributed by atoms with E-state index in [1.54, 1.807) is 0 Å². The van der Waals surface area contributed by atoms with E-state index in [1.807, 2.05) is 32.0 Å². The Morgan fingerprint density at radius 3 is 3.00 bits per heavy atom. The highest BCUT2D eigenvalue weighted by Gasteiger charge is 2.14.